The van der Waals surface area contributed by atoms with Crippen LogP contribution in [0.2, 0.25) is 0 Å². The van der Waals surface area contributed by atoms with Gasteiger partial charge in [0.2, 0.25) is 5.91 Å². The first-order valence-electron chi connectivity index (χ1n) is 10.6. The molecule has 0 fully saturated rings. The fourth-order valence-corrected chi connectivity index (χ4v) is 0. The van der Waals surface area contributed by atoms with Gasteiger partial charge in [0.25, 0.3) is 0 Å². The molecule has 0 aromatic carbocycles. The topological polar surface area (TPSA) is 103 Å². The number of carbonyl (C=O) groups excluding carboxylic acids is 3. The van der Waals surface area contributed by atoms with Gasteiger partial charge in [-0.3, -0.25) is 15.0 Å². The second-order valence-electron chi connectivity index (χ2n) is 7.51. The smallest absolute Gasteiger partial charge is 0.302 e. The van der Waals surface area contributed by atoms with Crippen molar-refractivity contribution in [2.45, 2.75) is 62.3 Å². The number of carbonyl (C=O) groups is 3. The average Bonchev–Trinajstić information content (AvgIpc) is 2.68. The standard InChI is InChI=1S/C4H10N2.C4H9NO.C4H9NS.C3H6O2.C3H6OS.C3H6O.C3H6S/c1-4(5)6(2)3;2*1-4(6)5(2)3;1-3(4)5-2;1-3(5)4-2;2*1-3(2)4/h5H,1-3H3;2*1-3H3;2*1-2H3;2*1-2H3. The van der Waals surface area contributed by atoms with Gasteiger partial charge in [-0.15, -0.1) is 0 Å². The summed E-state index contributed by atoms with van der Waals surface area (Å²) < 4.78 is 8.59. The number of ether oxygens (including phenoxy) is 2. The third-order valence-corrected chi connectivity index (χ3v) is 3.04. The number of thiocarbonyl (C=S) groups is 3. The van der Waals surface area contributed by atoms with Gasteiger partial charge in [0.15, 0.2) is 5.05 Å². The molecule has 9 nitrogen and oxygen atoms in total. The van der Waals surface area contributed by atoms with E-state index in [1.165, 1.54) is 39.7 Å². The number of amidine groups is 1. The van der Waals surface area contributed by atoms with Crippen LogP contribution in [0, 0.1) is 5.41 Å². The van der Waals surface area contributed by atoms with Crippen molar-refractivity contribution in [3.63, 3.8) is 0 Å². The van der Waals surface area contributed by atoms with E-state index in [0.29, 0.717) is 10.9 Å². The number of Topliss-reactive ketones (excluding diaryl/α,β-unsaturated/α-hetero) is 1. The Kier molecular flexibility index (Phi) is 52.9. The third kappa shape index (κ3) is 157. The Balaban J connectivity index is -0.0000000548. The highest BCUT2D eigenvalue weighted by Gasteiger charge is 1.87. The van der Waals surface area contributed by atoms with E-state index in [4.69, 9.17) is 17.6 Å². The van der Waals surface area contributed by atoms with Crippen molar-refractivity contribution < 1.29 is 23.9 Å². The van der Waals surface area contributed by atoms with E-state index < -0.39 is 0 Å². The lowest BCUT2D eigenvalue weighted by molar-refractivity contribution is -0.138. The Hall–Kier alpha value is -2.05. The van der Waals surface area contributed by atoms with Crippen LogP contribution in [0.15, 0.2) is 0 Å². The number of hydrogen-bond acceptors (Lipinski definition) is 9. The van der Waals surface area contributed by atoms with Crippen molar-refractivity contribution in [2.24, 2.45) is 0 Å². The minimum absolute atomic E-state index is 0.0926. The Morgan fingerprint density at radius 2 is 0.750 bits per heavy atom. The van der Waals surface area contributed by atoms with E-state index in [-0.39, 0.29) is 17.7 Å². The van der Waals surface area contributed by atoms with Crippen LogP contribution in [-0.4, -0.2) is 110 Å². The van der Waals surface area contributed by atoms with E-state index in [0.717, 1.165) is 9.85 Å². The Bertz CT molecular complexity index is 548. The van der Waals surface area contributed by atoms with E-state index >= 15 is 0 Å². The van der Waals surface area contributed by atoms with Crippen molar-refractivity contribution in [3.05, 3.63) is 0 Å². The van der Waals surface area contributed by atoms with Crippen LogP contribution in [0.5, 0.6) is 0 Å². The third-order valence-electron chi connectivity index (χ3n) is 2.51. The van der Waals surface area contributed by atoms with Crippen LogP contribution in [-0.2, 0) is 23.9 Å². The van der Waals surface area contributed by atoms with Gasteiger partial charge in [0.1, 0.15) is 5.78 Å². The lowest BCUT2D eigenvalue weighted by Crippen LogP contribution is -2.17. The molecule has 1 N–H and O–H groups in total. The molecule has 216 valence electrons. The molecule has 0 aromatic heterocycles. The van der Waals surface area contributed by atoms with Crippen molar-refractivity contribution in [1.82, 2.24) is 14.7 Å². The lowest BCUT2D eigenvalue weighted by atomic mass is 10.6. The van der Waals surface area contributed by atoms with Gasteiger partial charge in [0.05, 0.1) is 25.0 Å². The predicted molar refractivity (Wildman–Crippen MR) is 167 cm³/mol. The Labute approximate surface area is 237 Å². The zero-order valence-corrected chi connectivity index (χ0v) is 28.1. The van der Waals surface area contributed by atoms with Gasteiger partial charge < -0.3 is 29.0 Å². The average molecular weight is 573 g/mol. The number of nitrogens with zero attached hydrogens (tertiary/aromatic N) is 3. The zero-order chi connectivity index (χ0) is 31.2. The Morgan fingerprint density at radius 3 is 0.750 bits per heavy atom. The van der Waals surface area contributed by atoms with Crippen molar-refractivity contribution in [2.75, 3.05) is 56.5 Å². The summed E-state index contributed by atoms with van der Waals surface area (Å²) in [5, 5.41) is 7.46. The summed E-state index contributed by atoms with van der Waals surface area (Å²) in [5.74, 6) is 0.606. The maximum absolute atomic E-state index is 10.1. The molecule has 0 aromatic rings. The normalized spacial score (nSPS) is 7.25. The van der Waals surface area contributed by atoms with E-state index in [1.54, 1.807) is 40.0 Å². The molecule has 0 spiro atoms. The number of hydrogen-bond donors (Lipinski definition) is 1. The first kappa shape index (κ1) is 50.7. The van der Waals surface area contributed by atoms with Crippen LogP contribution in [0.3, 0.4) is 0 Å². The predicted octanol–water partition coefficient (Wildman–Crippen LogP) is 4.69. The summed E-state index contributed by atoms with van der Waals surface area (Å²) >= 11 is 13.8. The van der Waals surface area contributed by atoms with E-state index in [1.807, 2.05) is 53.9 Å². The molecule has 0 saturated heterocycles. The zero-order valence-electron chi connectivity index (χ0n) is 25.6. The van der Waals surface area contributed by atoms with Gasteiger partial charge in [-0.25, -0.2) is 0 Å². The highest BCUT2D eigenvalue weighted by atomic mass is 32.1. The molecular formula is C24H52N4O5S3. The largest absolute Gasteiger partial charge is 0.491 e. The molecule has 1 amide bonds. The second kappa shape index (κ2) is 37.5. The highest BCUT2D eigenvalue weighted by molar-refractivity contribution is 7.80. The van der Waals surface area contributed by atoms with E-state index in [2.05, 4.69) is 33.9 Å². The van der Waals surface area contributed by atoms with Gasteiger partial charge in [-0.1, -0.05) is 24.4 Å². The fraction of sp³-hybridized carbons (Fsp3) is 0.708. The maximum atomic E-state index is 10.1. The van der Waals surface area contributed by atoms with Crippen molar-refractivity contribution in [1.29, 1.82) is 5.41 Å². The number of methoxy groups -OCH3 is 2. The molecular weight excluding hydrogens is 520 g/mol. The SMILES string of the molecule is CC(=N)N(C)C.CC(=O)N(C)C.CC(=S)N(C)C.CC(C)=O.CC(C)=S.COC(C)=O.COC(C)=S. The summed E-state index contributed by atoms with van der Waals surface area (Å²) in [7, 11) is 13.9. The van der Waals surface area contributed by atoms with Gasteiger partial charge >= 0.3 is 5.97 Å². The van der Waals surface area contributed by atoms with Gasteiger partial charge in [-0.05, 0) is 58.6 Å². The number of ketones is 1. The van der Waals surface area contributed by atoms with Crippen LogP contribution >= 0.6 is 36.7 Å². The van der Waals surface area contributed by atoms with Crippen LogP contribution in [0.4, 0.5) is 0 Å². The fourth-order valence-electron chi connectivity index (χ4n) is 0. The van der Waals surface area contributed by atoms with Crippen LogP contribution < -0.4 is 0 Å². The highest BCUT2D eigenvalue weighted by Crippen LogP contribution is 1.76. The van der Waals surface area contributed by atoms with Crippen LogP contribution in [0.1, 0.15) is 62.3 Å². The summed E-state index contributed by atoms with van der Waals surface area (Å²) in [6.07, 6.45) is 0. The molecule has 0 rings (SSSR count). The minimum atomic E-state index is -0.245. The van der Waals surface area contributed by atoms with Gasteiger partial charge in [-0.2, -0.15) is 0 Å². The summed E-state index contributed by atoms with van der Waals surface area (Å²) in [6, 6.07) is 0. The molecule has 0 heterocycles. The molecule has 0 saturated carbocycles. The monoisotopic (exact) mass is 572 g/mol. The van der Waals surface area contributed by atoms with Crippen molar-refractivity contribution >= 4 is 75.1 Å². The quantitative estimate of drug-likeness (QED) is 0.190. The van der Waals surface area contributed by atoms with Crippen LogP contribution in [0.25, 0.3) is 0 Å². The number of esters is 1. The second-order valence-corrected chi connectivity index (χ2v) is 9.50. The maximum Gasteiger partial charge on any atom is 0.302 e. The first-order chi connectivity index (χ1) is 15.9. The summed E-state index contributed by atoms with van der Waals surface area (Å²) in [6.45, 7) is 15.1. The Morgan fingerprint density at radius 1 is 0.611 bits per heavy atom. The number of nitrogens with one attached hydrogen (secondary N) is 1. The molecule has 0 atom stereocenters. The molecule has 0 aliphatic heterocycles. The molecule has 0 aliphatic carbocycles. The molecule has 0 unspecified atom stereocenters. The first-order valence-corrected chi connectivity index (χ1v) is 11.8. The number of rotatable bonds is 0. The van der Waals surface area contributed by atoms with E-state index in [9.17, 15) is 14.4 Å². The number of amides is 1. The van der Waals surface area contributed by atoms with Crippen molar-refractivity contribution in [3.8, 4) is 0 Å². The van der Waals surface area contributed by atoms with Gasteiger partial charge in [0, 0.05) is 63.1 Å². The molecule has 0 aliphatic rings. The summed E-state index contributed by atoms with van der Waals surface area (Å²) in [5.41, 5.74) is 0. The minimum Gasteiger partial charge on any atom is -0.491 e. The lowest BCUT2D eigenvalue weighted by Gasteiger charge is -2.06. The molecule has 36 heavy (non-hydrogen) atoms. The molecule has 0 bridgehead atoms. The summed E-state index contributed by atoms with van der Waals surface area (Å²) in [4.78, 5) is 36.2. The molecule has 0 radical (unpaired) electrons. The molecule has 12 heteroatoms.